The van der Waals surface area contributed by atoms with Crippen molar-refractivity contribution in [3.63, 3.8) is 0 Å². The molecule has 1 amide bonds. The van der Waals surface area contributed by atoms with Crippen LogP contribution in [0.15, 0.2) is 34.2 Å². The number of amides is 1. The van der Waals surface area contributed by atoms with Crippen molar-refractivity contribution in [1.82, 2.24) is 14.5 Å². The molecule has 0 saturated carbocycles. The monoisotopic (exact) mass is 377 g/mol. The van der Waals surface area contributed by atoms with E-state index in [-0.39, 0.29) is 23.9 Å². The number of carbonyl (C=O) groups excluding carboxylic acids is 2. The highest BCUT2D eigenvalue weighted by atomic mass is 32.2. The van der Waals surface area contributed by atoms with Crippen LogP contribution in [0, 0.1) is 5.92 Å². The summed E-state index contributed by atoms with van der Waals surface area (Å²) in [6, 6.07) is 6.94. The fraction of sp³-hybridized carbons (Fsp3) is 0.444. The van der Waals surface area contributed by atoms with Gasteiger partial charge in [0.05, 0.1) is 23.3 Å². The van der Waals surface area contributed by atoms with Crippen LogP contribution in [0.1, 0.15) is 13.8 Å². The molecule has 0 saturated heterocycles. The second kappa shape index (κ2) is 8.35. The van der Waals surface area contributed by atoms with Crippen LogP contribution < -0.4 is 5.56 Å². The van der Waals surface area contributed by atoms with Crippen molar-refractivity contribution >= 4 is 34.5 Å². The average molecular weight is 377 g/mol. The number of methoxy groups -OCH3 is 1. The maximum atomic E-state index is 12.9. The first-order valence-corrected chi connectivity index (χ1v) is 9.08. The van der Waals surface area contributed by atoms with E-state index in [9.17, 15) is 14.4 Å². The van der Waals surface area contributed by atoms with E-state index in [4.69, 9.17) is 4.74 Å². The molecular formula is C18H23N3O4S. The van der Waals surface area contributed by atoms with E-state index in [1.807, 2.05) is 13.8 Å². The van der Waals surface area contributed by atoms with Gasteiger partial charge < -0.3 is 9.64 Å². The molecule has 0 bridgehead atoms. The fourth-order valence-corrected chi connectivity index (χ4v) is 3.65. The van der Waals surface area contributed by atoms with Gasteiger partial charge in [0.15, 0.2) is 5.16 Å². The largest absolute Gasteiger partial charge is 0.468 e. The molecule has 0 radical (unpaired) electrons. The Morgan fingerprint density at radius 3 is 2.50 bits per heavy atom. The minimum atomic E-state index is -0.550. The summed E-state index contributed by atoms with van der Waals surface area (Å²) < 4.78 is 5.98. The molecule has 7 nitrogen and oxygen atoms in total. The number of fused-ring (bicyclic) bond motifs is 1. The van der Waals surface area contributed by atoms with E-state index in [0.717, 1.165) is 0 Å². The van der Waals surface area contributed by atoms with Gasteiger partial charge >= 0.3 is 5.97 Å². The number of ether oxygens (including phenoxy) is 1. The maximum Gasteiger partial charge on any atom is 0.325 e. The molecule has 1 heterocycles. The zero-order valence-electron chi connectivity index (χ0n) is 15.6. The van der Waals surface area contributed by atoms with Crippen LogP contribution in [0.25, 0.3) is 10.9 Å². The Labute approximate surface area is 156 Å². The molecular weight excluding hydrogens is 354 g/mol. The van der Waals surface area contributed by atoms with Crippen molar-refractivity contribution in [2.75, 3.05) is 21.2 Å². The third-order valence-electron chi connectivity index (χ3n) is 3.86. The Bertz CT molecular complexity index is 876. The predicted octanol–water partition coefficient (Wildman–Crippen LogP) is 1.77. The number of hydrogen-bond acceptors (Lipinski definition) is 6. The van der Waals surface area contributed by atoms with Gasteiger partial charge in [-0.05, 0) is 18.1 Å². The first-order chi connectivity index (χ1) is 12.3. The van der Waals surface area contributed by atoms with Crippen LogP contribution in [0.2, 0.25) is 0 Å². The van der Waals surface area contributed by atoms with Gasteiger partial charge in [0.2, 0.25) is 5.91 Å². The number of esters is 1. The van der Waals surface area contributed by atoms with Gasteiger partial charge in [-0.15, -0.1) is 0 Å². The van der Waals surface area contributed by atoms with Crippen LogP contribution >= 0.6 is 11.8 Å². The quantitative estimate of drug-likeness (QED) is 0.434. The normalized spacial score (nSPS) is 12.2. The number of benzene rings is 1. The van der Waals surface area contributed by atoms with E-state index in [1.165, 1.54) is 28.3 Å². The Balaban J connectivity index is 2.59. The van der Waals surface area contributed by atoms with Gasteiger partial charge in [-0.1, -0.05) is 37.7 Å². The molecule has 26 heavy (non-hydrogen) atoms. The Morgan fingerprint density at radius 2 is 1.92 bits per heavy atom. The number of rotatable bonds is 6. The summed E-state index contributed by atoms with van der Waals surface area (Å²) in [5, 5.41) is 0.316. The van der Waals surface area contributed by atoms with Gasteiger partial charge in [0.25, 0.3) is 5.56 Å². The maximum absolute atomic E-state index is 12.9. The minimum absolute atomic E-state index is 0.0184. The second-order valence-electron chi connectivity index (χ2n) is 6.39. The lowest BCUT2D eigenvalue weighted by atomic mass is 10.1. The van der Waals surface area contributed by atoms with E-state index in [2.05, 4.69) is 4.98 Å². The SMILES string of the molecule is COC(=O)Cn1c(S[C@@H](C(=O)N(C)C)C(C)C)nc2ccccc2c1=O. The molecule has 0 aliphatic rings. The van der Waals surface area contributed by atoms with Crippen molar-refractivity contribution < 1.29 is 14.3 Å². The zero-order chi connectivity index (χ0) is 19.4. The van der Waals surface area contributed by atoms with Crippen molar-refractivity contribution in [3.05, 3.63) is 34.6 Å². The third kappa shape index (κ3) is 4.24. The van der Waals surface area contributed by atoms with E-state index in [0.29, 0.717) is 16.1 Å². The Kier molecular flexibility index (Phi) is 6.42. The molecule has 0 unspecified atom stereocenters. The van der Waals surface area contributed by atoms with Gasteiger partial charge in [-0.2, -0.15) is 0 Å². The Hall–Kier alpha value is -2.35. The van der Waals surface area contributed by atoms with Crippen LogP contribution in [0.4, 0.5) is 0 Å². The predicted molar refractivity (Wildman–Crippen MR) is 101 cm³/mol. The van der Waals surface area contributed by atoms with Crippen LogP contribution in [0.3, 0.4) is 0 Å². The van der Waals surface area contributed by atoms with Crippen molar-refractivity contribution in [2.24, 2.45) is 5.92 Å². The number of para-hydroxylation sites is 1. The molecule has 1 atom stereocenters. The van der Waals surface area contributed by atoms with E-state index >= 15 is 0 Å². The summed E-state index contributed by atoms with van der Waals surface area (Å²) in [5.74, 6) is -0.604. The highest BCUT2D eigenvalue weighted by molar-refractivity contribution is 8.00. The highest BCUT2D eigenvalue weighted by Crippen LogP contribution is 2.28. The highest BCUT2D eigenvalue weighted by Gasteiger charge is 2.28. The third-order valence-corrected chi connectivity index (χ3v) is 5.39. The summed E-state index contributed by atoms with van der Waals surface area (Å²) in [6.07, 6.45) is 0. The Morgan fingerprint density at radius 1 is 1.27 bits per heavy atom. The zero-order valence-corrected chi connectivity index (χ0v) is 16.4. The summed E-state index contributed by atoms with van der Waals surface area (Å²) in [7, 11) is 4.64. The molecule has 2 rings (SSSR count). The standard InChI is InChI=1S/C18H23N3O4S/c1-11(2)15(17(24)20(3)4)26-18-19-13-9-7-6-8-12(13)16(23)21(18)10-14(22)25-5/h6-9,11,15H,10H2,1-5H3/t15-/m1/s1. The molecule has 140 valence electrons. The van der Waals surface area contributed by atoms with Crippen molar-refractivity contribution in [3.8, 4) is 0 Å². The van der Waals surface area contributed by atoms with Gasteiger partial charge in [-0.25, -0.2) is 4.98 Å². The molecule has 1 aromatic heterocycles. The summed E-state index contributed by atoms with van der Waals surface area (Å²) >= 11 is 1.19. The molecule has 2 aromatic rings. The molecule has 0 spiro atoms. The van der Waals surface area contributed by atoms with Crippen molar-refractivity contribution in [2.45, 2.75) is 30.8 Å². The number of hydrogen-bond donors (Lipinski definition) is 0. The first kappa shape index (κ1) is 20.0. The summed E-state index contributed by atoms with van der Waals surface area (Å²) in [5.41, 5.74) is 0.198. The molecule has 0 fully saturated rings. The lowest BCUT2D eigenvalue weighted by Crippen LogP contribution is -2.36. The topological polar surface area (TPSA) is 81.5 Å². The summed E-state index contributed by atoms with van der Waals surface area (Å²) in [6.45, 7) is 3.61. The number of thioether (sulfide) groups is 1. The van der Waals surface area contributed by atoms with E-state index in [1.54, 1.807) is 38.4 Å². The van der Waals surface area contributed by atoms with Crippen LogP contribution in [-0.2, 0) is 20.9 Å². The molecule has 1 aromatic carbocycles. The molecule has 0 aliphatic carbocycles. The molecule has 8 heteroatoms. The van der Waals surface area contributed by atoms with Crippen molar-refractivity contribution in [1.29, 1.82) is 0 Å². The molecule has 0 aliphatic heterocycles. The van der Waals surface area contributed by atoms with Gasteiger partial charge in [-0.3, -0.25) is 19.0 Å². The fourth-order valence-electron chi connectivity index (χ4n) is 2.41. The smallest absolute Gasteiger partial charge is 0.325 e. The lowest BCUT2D eigenvalue weighted by Gasteiger charge is -2.24. The number of nitrogens with zero attached hydrogens (tertiary/aromatic N) is 3. The minimum Gasteiger partial charge on any atom is -0.468 e. The number of carbonyl (C=O) groups is 2. The molecule has 0 N–H and O–H groups in total. The first-order valence-electron chi connectivity index (χ1n) is 8.20. The van der Waals surface area contributed by atoms with Crippen LogP contribution in [0.5, 0.6) is 0 Å². The van der Waals surface area contributed by atoms with E-state index < -0.39 is 11.2 Å². The van der Waals surface area contributed by atoms with Gasteiger partial charge in [0.1, 0.15) is 6.54 Å². The second-order valence-corrected chi connectivity index (χ2v) is 7.50. The summed E-state index contributed by atoms with van der Waals surface area (Å²) in [4.78, 5) is 43.2. The van der Waals surface area contributed by atoms with Crippen LogP contribution in [-0.4, -0.2) is 52.8 Å². The average Bonchev–Trinajstić information content (AvgIpc) is 2.61. The number of aromatic nitrogens is 2. The van der Waals surface area contributed by atoms with Gasteiger partial charge in [0, 0.05) is 14.1 Å². The lowest BCUT2D eigenvalue weighted by molar-refractivity contribution is -0.141.